The maximum absolute atomic E-state index is 15.3. The summed E-state index contributed by atoms with van der Waals surface area (Å²) in [5.74, 6) is -4.53. The van der Waals surface area contributed by atoms with Crippen molar-refractivity contribution >= 4 is 0 Å². The zero-order valence-electron chi connectivity index (χ0n) is 23.0. The Hall–Kier alpha value is -1.95. The molecule has 2 aromatic rings. The van der Waals surface area contributed by atoms with Crippen molar-refractivity contribution in [2.24, 2.45) is 11.8 Å². The van der Waals surface area contributed by atoms with Gasteiger partial charge in [0.05, 0.1) is 17.0 Å². The molecule has 2 atom stereocenters. The summed E-state index contributed by atoms with van der Waals surface area (Å²) >= 11 is 0. The van der Waals surface area contributed by atoms with Crippen molar-refractivity contribution in [1.82, 2.24) is 9.97 Å². The van der Waals surface area contributed by atoms with Crippen LogP contribution in [0.5, 0.6) is 0 Å². The SMILES string of the molecule is CCCCCOCCCCCC1CCc2cc(-c3ccc(CC(C)CCCC)cn3)nc(F)c2C1(F)F. The lowest BCUT2D eigenvalue weighted by molar-refractivity contribution is -0.0825. The Balaban J connectivity index is 1.57. The van der Waals surface area contributed by atoms with Crippen LogP contribution in [-0.2, 0) is 23.5 Å². The predicted octanol–water partition coefficient (Wildman–Crippen LogP) is 9.07. The van der Waals surface area contributed by atoms with E-state index in [9.17, 15) is 0 Å². The highest BCUT2D eigenvalue weighted by Crippen LogP contribution is 2.47. The smallest absolute Gasteiger partial charge is 0.280 e. The Morgan fingerprint density at radius 2 is 1.76 bits per heavy atom. The standard InChI is InChI=1S/C31H45F3N2O/c1-4-6-10-18-37-19-11-8-9-13-26-16-15-25-21-28(36-30(32)29(25)31(26,33)34)27-17-14-24(22-35-27)20-23(3)12-7-5-2/h14,17,21-23,26H,4-13,15-16,18-20H2,1-3H3. The van der Waals surface area contributed by atoms with E-state index in [1.807, 2.05) is 12.1 Å². The fourth-order valence-corrected chi connectivity index (χ4v) is 5.37. The van der Waals surface area contributed by atoms with Gasteiger partial charge in [0.15, 0.2) is 0 Å². The first-order valence-corrected chi connectivity index (χ1v) is 14.5. The molecule has 3 rings (SSSR count). The van der Waals surface area contributed by atoms with E-state index in [-0.39, 0.29) is 0 Å². The summed E-state index contributed by atoms with van der Waals surface area (Å²) in [6, 6.07) is 5.43. The van der Waals surface area contributed by atoms with Crippen molar-refractivity contribution in [2.45, 2.75) is 110 Å². The normalized spacial score (nSPS) is 17.5. The molecule has 1 aliphatic carbocycles. The van der Waals surface area contributed by atoms with Crippen LogP contribution >= 0.6 is 0 Å². The Morgan fingerprint density at radius 1 is 1.00 bits per heavy atom. The number of fused-ring (bicyclic) bond motifs is 1. The summed E-state index contributed by atoms with van der Waals surface area (Å²) in [4.78, 5) is 8.43. The third-order valence-electron chi connectivity index (χ3n) is 7.62. The maximum atomic E-state index is 15.3. The summed E-state index contributed by atoms with van der Waals surface area (Å²) < 4.78 is 51.3. The second-order valence-electron chi connectivity index (χ2n) is 10.9. The summed E-state index contributed by atoms with van der Waals surface area (Å²) in [5, 5.41) is 0. The Kier molecular flexibility index (Phi) is 11.9. The number of halogens is 3. The number of alkyl halides is 2. The van der Waals surface area contributed by atoms with Crippen LogP contribution in [0.2, 0.25) is 0 Å². The molecule has 2 unspecified atom stereocenters. The van der Waals surface area contributed by atoms with E-state index >= 15 is 13.2 Å². The number of nitrogens with zero attached hydrogens (tertiary/aromatic N) is 2. The second kappa shape index (κ2) is 14.8. The summed E-state index contributed by atoms with van der Waals surface area (Å²) in [6.45, 7) is 8.05. The molecule has 0 radical (unpaired) electrons. The van der Waals surface area contributed by atoms with E-state index in [1.54, 1.807) is 12.3 Å². The molecule has 0 bridgehead atoms. The molecular weight excluding hydrogens is 473 g/mol. The average Bonchev–Trinajstić information content (AvgIpc) is 2.87. The largest absolute Gasteiger partial charge is 0.381 e. The molecule has 6 heteroatoms. The van der Waals surface area contributed by atoms with Gasteiger partial charge < -0.3 is 4.74 Å². The van der Waals surface area contributed by atoms with Crippen LogP contribution in [-0.4, -0.2) is 23.2 Å². The van der Waals surface area contributed by atoms with Crippen LogP contribution in [0.1, 0.15) is 108 Å². The Bertz CT molecular complexity index is 948. The van der Waals surface area contributed by atoms with Crippen LogP contribution in [0.25, 0.3) is 11.4 Å². The summed E-state index contributed by atoms with van der Waals surface area (Å²) in [5.41, 5.74) is 1.84. The molecule has 2 heterocycles. The van der Waals surface area contributed by atoms with Gasteiger partial charge in [0.2, 0.25) is 5.95 Å². The minimum Gasteiger partial charge on any atom is -0.381 e. The van der Waals surface area contributed by atoms with E-state index in [1.165, 1.54) is 32.1 Å². The molecule has 0 aliphatic heterocycles. The zero-order chi connectivity index (χ0) is 26.7. The van der Waals surface area contributed by atoms with Gasteiger partial charge in [0.1, 0.15) is 0 Å². The van der Waals surface area contributed by atoms with Gasteiger partial charge in [-0.1, -0.05) is 71.8 Å². The van der Waals surface area contributed by atoms with E-state index in [2.05, 4.69) is 30.7 Å². The number of hydrogen-bond donors (Lipinski definition) is 0. The second-order valence-corrected chi connectivity index (χ2v) is 10.9. The summed E-state index contributed by atoms with van der Waals surface area (Å²) in [7, 11) is 0. The molecule has 0 amide bonds. The third-order valence-corrected chi connectivity index (χ3v) is 7.62. The van der Waals surface area contributed by atoms with Crippen molar-refractivity contribution in [3.05, 3.63) is 47.0 Å². The van der Waals surface area contributed by atoms with Gasteiger partial charge >= 0.3 is 0 Å². The topological polar surface area (TPSA) is 35.0 Å². The molecule has 0 fully saturated rings. The number of pyridine rings is 2. The summed E-state index contributed by atoms with van der Waals surface area (Å²) in [6.07, 6.45) is 13.4. The third kappa shape index (κ3) is 8.53. The minimum atomic E-state index is -3.20. The number of hydrogen-bond acceptors (Lipinski definition) is 3. The molecular formula is C31H45F3N2O. The lowest BCUT2D eigenvalue weighted by Crippen LogP contribution is -2.33. The van der Waals surface area contributed by atoms with Gasteiger partial charge in [-0.05, 0) is 67.7 Å². The highest BCUT2D eigenvalue weighted by atomic mass is 19.3. The monoisotopic (exact) mass is 518 g/mol. The molecule has 37 heavy (non-hydrogen) atoms. The van der Waals surface area contributed by atoms with E-state index in [0.29, 0.717) is 55.2 Å². The number of aromatic nitrogens is 2. The molecule has 0 saturated carbocycles. The van der Waals surface area contributed by atoms with Crippen LogP contribution in [0.3, 0.4) is 0 Å². The van der Waals surface area contributed by atoms with E-state index in [0.717, 1.165) is 37.9 Å². The van der Waals surface area contributed by atoms with Crippen LogP contribution in [0.15, 0.2) is 24.4 Å². The van der Waals surface area contributed by atoms with Gasteiger partial charge in [-0.3, -0.25) is 4.98 Å². The van der Waals surface area contributed by atoms with Crippen LogP contribution < -0.4 is 0 Å². The van der Waals surface area contributed by atoms with Crippen LogP contribution in [0.4, 0.5) is 13.2 Å². The molecule has 1 aliphatic rings. The fraction of sp³-hybridized carbons (Fsp3) is 0.677. The first-order valence-electron chi connectivity index (χ1n) is 14.5. The van der Waals surface area contributed by atoms with Crippen molar-refractivity contribution in [2.75, 3.05) is 13.2 Å². The zero-order valence-corrected chi connectivity index (χ0v) is 23.0. The van der Waals surface area contributed by atoms with Crippen molar-refractivity contribution < 1.29 is 17.9 Å². The molecule has 3 nitrogen and oxygen atoms in total. The lowest BCUT2D eigenvalue weighted by Gasteiger charge is -2.33. The molecule has 0 saturated heterocycles. The molecule has 0 N–H and O–H groups in total. The van der Waals surface area contributed by atoms with Gasteiger partial charge in [0.25, 0.3) is 5.92 Å². The van der Waals surface area contributed by atoms with Gasteiger partial charge in [-0.15, -0.1) is 0 Å². The first kappa shape index (κ1) is 29.6. The van der Waals surface area contributed by atoms with Gasteiger partial charge in [0, 0.05) is 25.3 Å². The fourth-order valence-electron chi connectivity index (χ4n) is 5.37. The minimum absolute atomic E-state index is 0.329. The van der Waals surface area contributed by atoms with Crippen molar-refractivity contribution in [1.29, 1.82) is 0 Å². The van der Waals surface area contributed by atoms with Crippen molar-refractivity contribution in [3.63, 3.8) is 0 Å². The predicted molar refractivity (Wildman–Crippen MR) is 144 cm³/mol. The molecule has 0 aromatic carbocycles. The molecule has 206 valence electrons. The van der Waals surface area contributed by atoms with Crippen molar-refractivity contribution in [3.8, 4) is 11.4 Å². The van der Waals surface area contributed by atoms with E-state index < -0.39 is 23.4 Å². The van der Waals surface area contributed by atoms with Crippen LogP contribution in [0, 0.1) is 17.8 Å². The van der Waals surface area contributed by atoms with Gasteiger partial charge in [-0.2, -0.15) is 4.39 Å². The number of rotatable bonds is 16. The number of ether oxygens (including phenoxy) is 1. The quantitative estimate of drug-likeness (QED) is 0.164. The Labute approximate surface area is 221 Å². The van der Waals surface area contributed by atoms with Gasteiger partial charge in [-0.25, -0.2) is 13.8 Å². The molecule has 2 aromatic heterocycles. The molecule has 0 spiro atoms. The number of aryl methyl sites for hydroxylation is 1. The Morgan fingerprint density at radius 3 is 2.46 bits per heavy atom. The first-order chi connectivity index (χ1) is 17.9. The highest BCUT2D eigenvalue weighted by Gasteiger charge is 2.47. The maximum Gasteiger partial charge on any atom is 0.280 e. The van der Waals surface area contributed by atoms with E-state index in [4.69, 9.17) is 4.74 Å². The lowest BCUT2D eigenvalue weighted by atomic mass is 9.78. The number of unbranched alkanes of at least 4 members (excludes halogenated alkanes) is 5. The average molecular weight is 519 g/mol. The highest BCUT2D eigenvalue weighted by molar-refractivity contribution is 5.57.